The van der Waals surface area contributed by atoms with Crippen LogP contribution in [0.1, 0.15) is 0 Å². The minimum atomic E-state index is -2.26. The first-order chi connectivity index (χ1) is 12.7. The predicted octanol–water partition coefficient (Wildman–Crippen LogP) is 3.91. The van der Waals surface area contributed by atoms with Crippen molar-refractivity contribution in [3.63, 3.8) is 0 Å². The molecule has 3 rings (SSSR count). The van der Waals surface area contributed by atoms with Crippen molar-refractivity contribution in [2.45, 2.75) is 0 Å². The summed E-state index contributed by atoms with van der Waals surface area (Å²) in [4.78, 5) is 1.96. The Kier molecular flexibility index (Phi) is 5.52. The second-order valence-electron chi connectivity index (χ2n) is 6.27. The Balaban J connectivity index is 2.46. The zero-order chi connectivity index (χ0) is 18.4. The highest BCUT2D eigenvalue weighted by atomic mass is 31.2. The third-order valence-corrected chi connectivity index (χ3v) is 8.44. The molecule has 0 aliphatic rings. The van der Waals surface area contributed by atoms with E-state index in [-0.39, 0.29) is 0 Å². The number of benzene rings is 3. The third-order valence-electron chi connectivity index (χ3n) is 4.29. The van der Waals surface area contributed by atoms with Gasteiger partial charge in [-0.3, -0.25) is 0 Å². The molecule has 0 atom stereocenters. The first kappa shape index (κ1) is 17.9. The van der Waals surface area contributed by atoms with Crippen molar-refractivity contribution < 1.29 is 0 Å². The lowest BCUT2D eigenvalue weighted by Crippen LogP contribution is -2.32. The fourth-order valence-electron chi connectivity index (χ4n) is 3.25. The fraction of sp³-hybridized carbons (Fsp3) is 0.0870. The minimum Gasteiger partial charge on any atom is -0.380 e. The molecule has 3 aromatic rings. The summed E-state index contributed by atoms with van der Waals surface area (Å²) in [6, 6.07) is 33.8. The Labute approximate surface area is 156 Å². The molecule has 3 aromatic carbocycles. The average Bonchev–Trinajstić information content (AvgIpc) is 2.70. The summed E-state index contributed by atoms with van der Waals surface area (Å²) in [6.07, 6.45) is 1.97. The van der Waals surface area contributed by atoms with E-state index in [4.69, 9.17) is 0 Å². The zero-order valence-electron chi connectivity index (χ0n) is 15.1. The maximum atomic E-state index is 10.2. The molecule has 0 spiro atoms. The second kappa shape index (κ2) is 8.00. The summed E-state index contributed by atoms with van der Waals surface area (Å²) in [5, 5.41) is 14.5. The topological polar surface area (TPSA) is 27.0 Å². The van der Waals surface area contributed by atoms with Gasteiger partial charge in [-0.15, -0.1) is 0 Å². The van der Waals surface area contributed by atoms with Gasteiger partial charge in [0, 0.05) is 14.1 Å². The van der Waals surface area contributed by atoms with E-state index in [2.05, 4.69) is 78.9 Å². The first-order valence-corrected chi connectivity index (χ1v) is 10.3. The molecule has 0 bridgehead atoms. The van der Waals surface area contributed by atoms with Gasteiger partial charge in [0.1, 0.15) is 22.0 Å². The molecule has 0 saturated carbocycles. The number of hydrogen-bond acceptors (Lipinski definition) is 2. The molecule has 2 nitrogen and oxygen atoms in total. The molecular weight excluding hydrogens is 335 g/mol. The van der Waals surface area contributed by atoms with Gasteiger partial charge in [0.05, 0.1) is 6.20 Å². The van der Waals surface area contributed by atoms with Crippen LogP contribution in [-0.4, -0.2) is 19.0 Å². The summed E-state index contributed by atoms with van der Waals surface area (Å²) in [5.74, 6) is 0. The van der Waals surface area contributed by atoms with Gasteiger partial charge in [0.15, 0.2) is 7.26 Å². The van der Waals surface area contributed by atoms with Crippen LogP contribution in [-0.2, 0) is 0 Å². The fourth-order valence-corrected chi connectivity index (χ4v) is 7.40. The van der Waals surface area contributed by atoms with Crippen molar-refractivity contribution in [2.75, 3.05) is 14.1 Å². The molecule has 0 N–H and O–H groups in total. The van der Waals surface area contributed by atoms with E-state index < -0.39 is 7.26 Å². The van der Waals surface area contributed by atoms with Crippen molar-refractivity contribution in [1.82, 2.24) is 4.90 Å². The molecule has 3 heteroatoms. The molecule has 0 heterocycles. The van der Waals surface area contributed by atoms with Crippen molar-refractivity contribution >= 4 is 23.2 Å². The van der Waals surface area contributed by atoms with Gasteiger partial charge in [-0.05, 0) is 36.4 Å². The van der Waals surface area contributed by atoms with E-state index in [1.807, 2.05) is 43.4 Å². The Morgan fingerprint density at radius 2 is 1.08 bits per heavy atom. The van der Waals surface area contributed by atoms with E-state index in [1.165, 1.54) is 15.9 Å². The van der Waals surface area contributed by atoms with E-state index in [9.17, 15) is 5.26 Å². The second-order valence-corrected chi connectivity index (χ2v) is 9.64. The van der Waals surface area contributed by atoms with Gasteiger partial charge in [-0.25, -0.2) is 0 Å². The average molecular weight is 357 g/mol. The maximum Gasteiger partial charge on any atom is 0.201 e. The molecule has 0 radical (unpaired) electrons. The SMILES string of the molecule is CN(C)/C=C(\C#N)[P+](c1ccccc1)(c1ccccc1)c1ccccc1. The quantitative estimate of drug-likeness (QED) is 0.511. The lowest BCUT2D eigenvalue weighted by atomic mass is 10.4. The van der Waals surface area contributed by atoms with Gasteiger partial charge >= 0.3 is 0 Å². The monoisotopic (exact) mass is 357 g/mol. The summed E-state index contributed by atoms with van der Waals surface area (Å²) >= 11 is 0. The van der Waals surface area contributed by atoms with E-state index in [0.29, 0.717) is 0 Å². The highest BCUT2D eigenvalue weighted by Gasteiger charge is 2.50. The zero-order valence-corrected chi connectivity index (χ0v) is 16.0. The molecule has 0 saturated heterocycles. The highest BCUT2D eigenvalue weighted by Crippen LogP contribution is 2.62. The first-order valence-electron chi connectivity index (χ1n) is 8.54. The summed E-state index contributed by atoms with van der Waals surface area (Å²) in [5.41, 5.74) is 0. The van der Waals surface area contributed by atoms with Gasteiger partial charge in [0.2, 0.25) is 5.31 Å². The molecule has 128 valence electrons. The predicted molar refractivity (Wildman–Crippen MR) is 113 cm³/mol. The van der Waals surface area contributed by atoms with Gasteiger partial charge in [-0.1, -0.05) is 54.6 Å². The molecule has 0 fully saturated rings. The standard InChI is InChI=1S/C23H22N2P/c1-25(2)19-23(18-24)26(20-12-6-3-7-13-20,21-14-8-4-9-15-21)22-16-10-5-11-17-22/h3-17,19H,1-2H3/q+1/b23-19+. The molecule has 0 amide bonds. The van der Waals surface area contributed by atoms with E-state index >= 15 is 0 Å². The highest BCUT2D eigenvalue weighted by molar-refractivity contribution is 7.99. The van der Waals surface area contributed by atoms with Gasteiger partial charge < -0.3 is 4.90 Å². The third kappa shape index (κ3) is 3.27. The molecule has 26 heavy (non-hydrogen) atoms. The van der Waals surface area contributed by atoms with Crippen molar-refractivity contribution in [3.05, 3.63) is 103 Å². The van der Waals surface area contributed by atoms with Crippen molar-refractivity contribution in [1.29, 1.82) is 5.26 Å². The summed E-state index contributed by atoms with van der Waals surface area (Å²) < 4.78 is 0. The van der Waals surface area contributed by atoms with Crippen LogP contribution in [0, 0.1) is 11.3 Å². The number of nitriles is 1. The van der Waals surface area contributed by atoms with Gasteiger partial charge in [-0.2, -0.15) is 5.26 Å². The lowest BCUT2D eigenvalue weighted by molar-refractivity contribution is 0.563. The molecule has 0 aliphatic carbocycles. The van der Waals surface area contributed by atoms with Crippen molar-refractivity contribution in [3.8, 4) is 6.07 Å². The van der Waals surface area contributed by atoms with Crippen LogP contribution < -0.4 is 15.9 Å². The number of rotatable bonds is 5. The Morgan fingerprint density at radius 3 is 1.35 bits per heavy atom. The van der Waals surface area contributed by atoms with E-state index in [0.717, 1.165) is 5.31 Å². The summed E-state index contributed by atoms with van der Waals surface area (Å²) in [7, 11) is 1.67. The normalized spacial score (nSPS) is 11.7. The Hall–Kier alpha value is -2.88. The van der Waals surface area contributed by atoms with Crippen LogP contribution in [0.4, 0.5) is 0 Å². The van der Waals surface area contributed by atoms with Crippen molar-refractivity contribution in [2.24, 2.45) is 0 Å². The van der Waals surface area contributed by atoms with E-state index in [1.54, 1.807) is 0 Å². The van der Waals surface area contributed by atoms with Crippen LogP contribution in [0.3, 0.4) is 0 Å². The molecular formula is C23H22N2P+. The van der Waals surface area contributed by atoms with Gasteiger partial charge in [0.25, 0.3) is 0 Å². The number of hydrogen-bond donors (Lipinski definition) is 0. The molecule has 0 aliphatic heterocycles. The number of nitrogens with zero attached hydrogens (tertiary/aromatic N) is 2. The Bertz CT molecular complexity index is 814. The van der Waals surface area contributed by atoms with Crippen LogP contribution in [0.25, 0.3) is 0 Å². The largest absolute Gasteiger partial charge is 0.380 e. The lowest BCUT2D eigenvalue weighted by Gasteiger charge is -2.27. The molecule has 0 aromatic heterocycles. The minimum absolute atomic E-state index is 0.797. The van der Waals surface area contributed by atoms with Crippen LogP contribution in [0.2, 0.25) is 0 Å². The summed E-state index contributed by atoms with van der Waals surface area (Å²) in [6.45, 7) is 0. The smallest absolute Gasteiger partial charge is 0.201 e. The Morgan fingerprint density at radius 1 is 0.731 bits per heavy atom. The van der Waals surface area contributed by atoms with Crippen LogP contribution >= 0.6 is 7.26 Å². The maximum absolute atomic E-state index is 10.2. The van der Waals surface area contributed by atoms with Crippen LogP contribution in [0.5, 0.6) is 0 Å². The molecule has 0 unspecified atom stereocenters. The van der Waals surface area contributed by atoms with Crippen LogP contribution in [0.15, 0.2) is 103 Å². The number of allylic oxidation sites excluding steroid dienone is 1.